The molecule has 1 saturated carbocycles. The molecule has 0 radical (unpaired) electrons. The summed E-state index contributed by atoms with van der Waals surface area (Å²) >= 11 is 0. The zero-order valence-corrected chi connectivity index (χ0v) is 36.0. The molecular weight excluding hydrogens is 765 g/mol. The van der Waals surface area contributed by atoms with Gasteiger partial charge in [0.25, 0.3) is 0 Å². The molecule has 15 heteroatoms. The molecule has 14 nitrogen and oxygen atoms in total. The highest BCUT2D eigenvalue weighted by Crippen LogP contribution is 2.53. The summed E-state index contributed by atoms with van der Waals surface area (Å²) in [5.41, 5.74) is 5.72. The number of ether oxygens (including phenoxy) is 2. The second kappa shape index (κ2) is 15.5. The minimum atomic E-state index is -1.77. The largest absolute Gasteiger partial charge is 0.453 e. The monoisotopic (exact) mass is 818 g/mol. The number of hydrogen-bond acceptors (Lipinski definition) is 8. The van der Waals surface area contributed by atoms with E-state index in [2.05, 4.69) is 88.3 Å². The van der Waals surface area contributed by atoms with E-state index in [9.17, 15) is 19.2 Å². The summed E-state index contributed by atoms with van der Waals surface area (Å²) in [6.07, 6.45) is 3.13. The lowest BCUT2D eigenvalue weighted by Gasteiger charge is -2.32. The maximum atomic E-state index is 14.0. The van der Waals surface area contributed by atoms with E-state index in [0.29, 0.717) is 12.1 Å². The first-order chi connectivity index (χ1) is 28.2. The molecule has 0 unspecified atom stereocenters. The molecule has 4 heterocycles. The van der Waals surface area contributed by atoms with Crippen molar-refractivity contribution in [2.75, 3.05) is 20.4 Å². The van der Waals surface area contributed by atoms with Crippen molar-refractivity contribution in [3.63, 3.8) is 0 Å². The van der Waals surface area contributed by atoms with E-state index in [0.717, 1.165) is 74.7 Å². The van der Waals surface area contributed by atoms with Crippen molar-refractivity contribution < 1.29 is 28.7 Å². The zero-order chi connectivity index (χ0) is 41.9. The predicted molar refractivity (Wildman–Crippen MR) is 228 cm³/mol. The molecule has 2 aliphatic heterocycles. The fourth-order valence-electron chi connectivity index (χ4n) is 9.16. The van der Waals surface area contributed by atoms with Crippen molar-refractivity contribution >= 4 is 53.9 Å². The van der Waals surface area contributed by atoms with Gasteiger partial charge in [0, 0.05) is 23.2 Å². The molecule has 0 spiro atoms. The van der Waals surface area contributed by atoms with Gasteiger partial charge in [-0.15, -0.1) is 0 Å². The minimum absolute atomic E-state index is 0.0890. The Balaban J connectivity index is 1.00. The molecule has 1 aliphatic carbocycles. The van der Waals surface area contributed by atoms with Crippen LogP contribution < -0.4 is 10.6 Å². The van der Waals surface area contributed by atoms with Gasteiger partial charge < -0.3 is 39.9 Å². The smallest absolute Gasteiger partial charge is 0.407 e. The first kappa shape index (κ1) is 40.1. The molecule has 59 heavy (non-hydrogen) atoms. The first-order valence-corrected chi connectivity index (χ1v) is 24.0. The SMILES string of the molecule is COC(=O)N[C@H](C(=O)N1C[Si](C)(C)C[C@H]1c1nc2c(ccc3cc(-c4ccc(-c5ncc([C@@H]6C[C@H]7C[C@H]7N6C(=O)[C@@H](NC(=O)OC)C(C)C)[nH]5)cc4)ccc32)[nH]1)C(C)C. The number of aromatic nitrogens is 4. The number of amides is 4. The molecule has 0 bridgehead atoms. The van der Waals surface area contributed by atoms with Gasteiger partial charge in [-0.05, 0) is 65.3 Å². The number of alkyl carbamates (subject to hydrolysis) is 2. The number of hydrogen-bond donors (Lipinski definition) is 4. The summed E-state index contributed by atoms with van der Waals surface area (Å²) in [5.74, 6) is 1.54. The van der Waals surface area contributed by atoms with E-state index in [1.165, 1.54) is 14.2 Å². The van der Waals surface area contributed by atoms with Crippen LogP contribution in [0.1, 0.15) is 64.1 Å². The molecule has 4 N–H and O–H groups in total. The van der Waals surface area contributed by atoms with Gasteiger partial charge in [0.2, 0.25) is 11.8 Å². The molecule has 310 valence electrons. The number of rotatable bonds is 10. The molecule has 2 saturated heterocycles. The topological polar surface area (TPSA) is 175 Å². The summed E-state index contributed by atoms with van der Waals surface area (Å²) in [6, 6.07) is 18.2. The fraction of sp³-hybridized carbons (Fsp3) is 0.455. The molecule has 5 aromatic rings. The van der Waals surface area contributed by atoms with Crippen LogP contribution in [0.4, 0.5) is 9.59 Å². The number of carbonyl (C=O) groups is 4. The quantitative estimate of drug-likeness (QED) is 0.106. The molecule has 8 rings (SSSR count). The number of carbonyl (C=O) groups excluding carboxylic acids is 4. The lowest BCUT2D eigenvalue weighted by molar-refractivity contribution is -0.137. The Labute approximate surface area is 344 Å². The van der Waals surface area contributed by atoms with Gasteiger partial charge in [-0.25, -0.2) is 19.6 Å². The number of nitrogens with one attached hydrogen (secondary N) is 4. The molecule has 3 aromatic carbocycles. The van der Waals surface area contributed by atoms with Crippen molar-refractivity contribution in [2.24, 2.45) is 17.8 Å². The van der Waals surface area contributed by atoms with Crippen molar-refractivity contribution in [1.29, 1.82) is 0 Å². The number of benzene rings is 3. The Morgan fingerprint density at radius 1 is 0.797 bits per heavy atom. The molecule has 3 fully saturated rings. The average Bonchev–Trinajstić information content (AvgIpc) is 3.63. The van der Waals surface area contributed by atoms with Crippen molar-refractivity contribution in [3.05, 3.63) is 72.3 Å². The van der Waals surface area contributed by atoms with Gasteiger partial charge in [0.1, 0.15) is 23.7 Å². The molecule has 3 aliphatic rings. The first-order valence-electron chi connectivity index (χ1n) is 20.6. The zero-order valence-electron chi connectivity index (χ0n) is 35.0. The standard InChI is InChI=1S/C44H54N8O6Si/c1-23(2)36(49-43(55)57-5)41(53)51-22-59(7,8)21-35(51)40-46-31-16-14-28-17-27(13-15-30(28)38(31)48-40)25-9-11-26(12-10-25)39-45-20-32(47-39)34-19-29-18-33(29)52(34)42(54)37(24(3)4)50-44(56)58-6/h9-17,20,23-24,29,33-37H,18-19,21-22H2,1-8H3,(H,45,47)(H,46,48)(H,49,55)(H,50,56)/t29-,33-,34+,35+,36+,37+/m1/s1. The van der Waals surface area contributed by atoms with Gasteiger partial charge in [-0.1, -0.05) is 83.3 Å². The maximum absolute atomic E-state index is 14.0. The second-order valence-corrected chi connectivity index (χ2v) is 23.0. The molecular formula is C44H54N8O6Si. The van der Waals surface area contributed by atoms with Crippen LogP contribution in [0.3, 0.4) is 0 Å². The van der Waals surface area contributed by atoms with Crippen molar-refractivity contribution in [1.82, 2.24) is 40.4 Å². The number of H-pyrrole nitrogens is 2. The fourth-order valence-corrected chi connectivity index (χ4v) is 12.1. The number of nitrogens with zero attached hydrogens (tertiary/aromatic N) is 4. The predicted octanol–water partition coefficient (Wildman–Crippen LogP) is 7.33. The van der Waals surface area contributed by atoms with E-state index in [1.54, 1.807) is 0 Å². The summed E-state index contributed by atoms with van der Waals surface area (Å²) in [6.45, 7) is 12.3. The number of likely N-dealkylation sites (tertiary alicyclic amines) is 1. The van der Waals surface area contributed by atoms with Crippen LogP contribution in [-0.2, 0) is 19.1 Å². The average molecular weight is 819 g/mol. The summed E-state index contributed by atoms with van der Waals surface area (Å²) in [7, 11) is 0.833. The highest BCUT2D eigenvalue weighted by Gasteiger charge is 2.56. The van der Waals surface area contributed by atoms with E-state index < -0.39 is 32.3 Å². The Kier molecular flexibility index (Phi) is 10.5. The lowest BCUT2D eigenvalue weighted by atomic mass is 9.99. The third-order valence-electron chi connectivity index (χ3n) is 12.4. The summed E-state index contributed by atoms with van der Waals surface area (Å²) in [5, 5.41) is 7.58. The van der Waals surface area contributed by atoms with Crippen LogP contribution in [0.15, 0.2) is 60.8 Å². The Hall–Kier alpha value is -5.70. The number of fused-ring (bicyclic) bond motifs is 4. The normalized spacial score (nSPS) is 21.8. The van der Waals surface area contributed by atoms with Crippen LogP contribution in [-0.4, -0.2) is 100 Å². The van der Waals surface area contributed by atoms with Gasteiger partial charge in [-0.2, -0.15) is 0 Å². The Morgan fingerprint density at radius 3 is 2.10 bits per heavy atom. The van der Waals surface area contributed by atoms with Crippen LogP contribution in [0, 0.1) is 17.8 Å². The molecule has 4 amide bonds. The van der Waals surface area contributed by atoms with Gasteiger partial charge in [0.15, 0.2) is 0 Å². The van der Waals surface area contributed by atoms with Crippen LogP contribution in [0.2, 0.25) is 19.1 Å². The van der Waals surface area contributed by atoms with Crippen LogP contribution in [0.25, 0.3) is 44.3 Å². The van der Waals surface area contributed by atoms with Crippen molar-refractivity contribution in [3.8, 4) is 22.5 Å². The number of aromatic amines is 2. The molecule has 6 atom stereocenters. The highest BCUT2D eigenvalue weighted by molar-refractivity contribution is 6.78. The third kappa shape index (κ3) is 7.67. The van der Waals surface area contributed by atoms with Crippen LogP contribution >= 0.6 is 0 Å². The minimum Gasteiger partial charge on any atom is -0.453 e. The lowest BCUT2D eigenvalue weighted by Crippen LogP contribution is -2.52. The highest BCUT2D eigenvalue weighted by atomic mass is 28.3. The number of piperidine rings is 1. The Bertz CT molecular complexity index is 2420. The maximum Gasteiger partial charge on any atom is 0.407 e. The summed E-state index contributed by atoms with van der Waals surface area (Å²) in [4.78, 5) is 72.8. The van der Waals surface area contributed by atoms with Crippen molar-refractivity contribution in [2.45, 2.75) is 89.9 Å². The molecule has 2 aromatic heterocycles. The van der Waals surface area contributed by atoms with E-state index in [4.69, 9.17) is 19.4 Å². The van der Waals surface area contributed by atoms with Gasteiger partial charge in [-0.3, -0.25) is 9.59 Å². The van der Waals surface area contributed by atoms with E-state index >= 15 is 0 Å². The van der Waals surface area contributed by atoms with E-state index in [-0.39, 0.29) is 41.8 Å². The Morgan fingerprint density at radius 2 is 1.44 bits per heavy atom. The summed E-state index contributed by atoms with van der Waals surface area (Å²) < 4.78 is 9.64. The third-order valence-corrected chi connectivity index (χ3v) is 15.1. The number of methoxy groups -OCH3 is 2. The number of imidazole rings is 2. The van der Waals surface area contributed by atoms with Gasteiger partial charge in [0.05, 0.1) is 57.3 Å². The van der Waals surface area contributed by atoms with Crippen LogP contribution in [0.5, 0.6) is 0 Å². The second-order valence-electron chi connectivity index (χ2n) is 17.9. The van der Waals surface area contributed by atoms with Gasteiger partial charge >= 0.3 is 12.2 Å². The van der Waals surface area contributed by atoms with E-state index in [1.807, 2.05) is 43.7 Å².